The Morgan fingerprint density at radius 3 is 1.43 bits per heavy atom. The number of esters is 1. The molecule has 41 nitrogen and oxygen atoms in total. The molecular weight excluding hydrogens is 1510 g/mol. The number of fused-ring (bicyclic) bond motifs is 4. The molecule has 0 radical (unpaired) electrons. The van der Waals surface area contributed by atoms with Crippen LogP contribution >= 0.6 is 0 Å². The van der Waals surface area contributed by atoms with E-state index in [0.29, 0.717) is 57.6 Å². The van der Waals surface area contributed by atoms with Crippen molar-refractivity contribution < 1.29 is 81.6 Å². The van der Waals surface area contributed by atoms with E-state index in [0.717, 1.165) is 0 Å². The quantitative estimate of drug-likeness (QED) is 0.0330. The number of amides is 4. The summed E-state index contributed by atoms with van der Waals surface area (Å²) in [5, 5.41) is 45.8. The first-order valence-corrected chi connectivity index (χ1v) is 37.1. The molecule has 8 N–H and O–H groups in total. The summed E-state index contributed by atoms with van der Waals surface area (Å²) in [6.07, 6.45) is 1.55. The number of aliphatic hydroxyl groups is 1. The van der Waals surface area contributed by atoms with E-state index in [4.69, 9.17) is 47.7 Å². The Labute approximate surface area is 652 Å². The molecule has 6 aliphatic rings. The lowest BCUT2D eigenvalue weighted by Crippen LogP contribution is -2.41. The van der Waals surface area contributed by atoms with Crippen molar-refractivity contribution in [1.29, 1.82) is 0 Å². The van der Waals surface area contributed by atoms with E-state index < -0.39 is 137 Å². The number of nitrogens with zero attached hydrogens (tertiary/aromatic N) is 12. The molecule has 6 aliphatic heterocycles. The Morgan fingerprint density at radius 2 is 0.983 bits per heavy atom. The number of aromatic amines is 2. The Balaban J connectivity index is 0.000000193. The van der Waals surface area contributed by atoms with E-state index in [1.165, 1.54) is 54.1 Å². The summed E-state index contributed by atoms with van der Waals surface area (Å²) in [7, 11) is 2.95. The van der Waals surface area contributed by atoms with Gasteiger partial charge in [-0.25, -0.2) is 28.5 Å². The summed E-state index contributed by atoms with van der Waals surface area (Å²) in [5.41, 5.74) is -1.61. The van der Waals surface area contributed by atoms with Crippen LogP contribution in [0.2, 0.25) is 0 Å². The zero-order chi connectivity index (χ0) is 82.2. The van der Waals surface area contributed by atoms with E-state index in [-0.39, 0.29) is 107 Å². The van der Waals surface area contributed by atoms with Crippen molar-refractivity contribution in [2.24, 2.45) is 0 Å². The number of aryl methyl sites for hydroxylation is 4. The van der Waals surface area contributed by atoms with Gasteiger partial charge < -0.3 is 74.1 Å². The lowest BCUT2D eigenvalue weighted by molar-refractivity contribution is -0.176. The van der Waals surface area contributed by atoms with Gasteiger partial charge >= 0.3 is 34.7 Å². The normalized spacial score (nSPS) is 24.8. The van der Waals surface area contributed by atoms with Gasteiger partial charge in [0.15, 0.2) is 12.5 Å². The number of ether oxygens (including phenoxy) is 9. The molecule has 6 aromatic heterocycles. The summed E-state index contributed by atoms with van der Waals surface area (Å²) in [4.78, 5) is 158. The van der Waals surface area contributed by atoms with Gasteiger partial charge in [0, 0.05) is 97.9 Å². The average Bonchev–Trinajstić information content (AvgIpc) is 1.58. The van der Waals surface area contributed by atoms with E-state index in [1.807, 2.05) is 13.8 Å². The number of aliphatic carboxylic acids is 1. The van der Waals surface area contributed by atoms with Gasteiger partial charge in [-0.15, -0.1) is 10.2 Å². The molecule has 41 heteroatoms. The molecule has 4 bridgehead atoms. The number of benzene rings is 2. The molecule has 612 valence electrons. The molecule has 4 unspecified atom stereocenters. The minimum atomic E-state index is -0.946. The number of carboxylic acids is 1. The number of anilines is 2. The van der Waals surface area contributed by atoms with Crippen LogP contribution < -0.4 is 55.1 Å². The molecule has 2 aromatic carbocycles. The van der Waals surface area contributed by atoms with E-state index >= 15 is 0 Å². The smallest absolute Gasteiger partial charge is 0.351 e. The number of aliphatic hydroxyl groups excluding tert-OH is 1. The molecule has 6 saturated heterocycles. The fourth-order valence-electron chi connectivity index (χ4n) is 14.1. The van der Waals surface area contributed by atoms with Crippen LogP contribution in [0, 0.1) is 27.7 Å². The van der Waals surface area contributed by atoms with Crippen LogP contribution in [-0.2, 0) is 88.1 Å². The zero-order valence-electron chi connectivity index (χ0n) is 63.9. The van der Waals surface area contributed by atoms with Crippen LogP contribution in [0.5, 0.6) is 0 Å². The van der Waals surface area contributed by atoms with Crippen molar-refractivity contribution in [3.05, 3.63) is 205 Å². The number of H-pyrrole nitrogens is 2. The Bertz CT molecular complexity index is 5270. The predicted octanol–water partition coefficient (Wildman–Crippen LogP) is 0.803. The molecule has 14 rings (SSSR count). The highest BCUT2D eigenvalue weighted by Crippen LogP contribution is 2.50. The van der Waals surface area contributed by atoms with Crippen molar-refractivity contribution in [3.8, 4) is 0 Å². The second-order valence-corrected chi connectivity index (χ2v) is 28.3. The number of carboxylic acid groups (broad SMARTS) is 1. The Kier molecular flexibility index (Phi) is 25.7. The first-order chi connectivity index (χ1) is 55.1. The summed E-state index contributed by atoms with van der Waals surface area (Å²) < 4.78 is 64.0. The first kappa shape index (κ1) is 82.7. The number of nitrogens with one attached hydrogen (secondary N) is 6. The van der Waals surface area contributed by atoms with E-state index in [2.05, 4.69) is 61.8 Å². The zero-order valence-corrected chi connectivity index (χ0v) is 63.9. The lowest BCUT2D eigenvalue weighted by atomic mass is 9.96. The van der Waals surface area contributed by atoms with Crippen LogP contribution in [-0.4, -0.2) is 201 Å². The molecule has 14 atom stereocenters. The van der Waals surface area contributed by atoms with Gasteiger partial charge in [0.05, 0.1) is 70.9 Å². The first-order valence-electron chi connectivity index (χ1n) is 37.1. The molecule has 12 heterocycles. The molecule has 0 spiro atoms. The van der Waals surface area contributed by atoms with Crippen molar-refractivity contribution in [1.82, 2.24) is 78.8 Å². The molecule has 4 amide bonds. The molecular formula is C74H88N18O23. The average molecular weight is 1600 g/mol. The maximum atomic E-state index is 13.3. The predicted molar refractivity (Wildman–Crippen MR) is 398 cm³/mol. The van der Waals surface area contributed by atoms with Crippen molar-refractivity contribution >= 4 is 47.2 Å². The van der Waals surface area contributed by atoms with Gasteiger partial charge in [-0.3, -0.25) is 66.6 Å². The van der Waals surface area contributed by atoms with Crippen molar-refractivity contribution in [3.63, 3.8) is 0 Å². The molecule has 0 saturated carbocycles. The Morgan fingerprint density at radius 1 is 0.557 bits per heavy atom. The summed E-state index contributed by atoms with van der Waals surface area (Å²) >= 11 is 0. The van der Waals surface area contributed by atoms with Crippen LogP contribution in [0.4, 0.5) is 11.6 Å². The maximum absolute atomic E-state index is 13.3. The monoisotopic (exact) mass is 1600 g/mol. The number of hydrogen-bond acceptors (Lipinski definition) is 28. The van der Waals surface area contributed by atoms with E-state index in [9.17, 15) is 62.6 Å². The molecule has 0 aliphatic carbocycles. The van der Waals surface area contributed by atoms with Gasteiger partial charge in [0.1, 0.15) is 89.4 Å². The standard InChI is InChI=1S/C37H43N9O11.C32H36N8O9.C5H9NO3/c1-5-37-19-54-29(34(57-37)46-14-20(2)31(40-35(46)51)39-33(50)22-9-7-6-8-10-22)30(37)53-18-23-16-44(43-42-23)17-25-24(56-28(48)12-11-26(47)38-4)13-27(55-25)45-15-21(3)32(49)41-36(45)52;1-4-32-16-47-24(29(49-32)40-11-17(2)26(34-30(40)44)33-28(43)19-8-6-5-7-9-19)25(32)46-15-20-13-38(37-36-20)14-22-21(41)10-23(48-22)39-12-18(3)27(42)35-31(39)45;1-6-4(7)2-3-5(8)9/h6-10,14-16,24-25,27,29-30,34H,5,11-13,17-19H2,1-4H3,(H,38,47)(H,41,49,52)(H,39,40,50,51);5-9,11-13,21-25,29,41H,4,10,14-16H2,1-3H3,(H,35,42,45)(H,33,34,43,44);2-3H2,1H3,(H,6,7)(H,8,9)/t24?,25-,27-,29+,30?,34-,37+;21?,22-,23-,24+,25?,29-,32+;/m11./s1. The minimum Gasteiger partial charge on any atom is -0.481 e. The SMILES string of the molecule is CC[C@]12CO[C@@H](C1OCc1cn(C[C@H]3O[C@@H](n4cc(C)c(=O)[nH]c4=O)CC3O)nn1)[C@H](n1cc(C)c(NC(=O)c3ccccc3)nc1=O)O2.CC[C@]12CO[C@@H](C1OCc1cn(C[C@H]3O[C@@H](n4cc(C)c(=O)[nH]c4=O)CC3OC(=O)CCC(=O)NC)nn1)[C@H](n1cc(C)c(NC(=O)c3ccccc3)nc1=O)O2.CNC(=O)CCC(=O)O. The molecule has 8 aromatic rings. The second-order valence-electron chi connectivity index (χ2n) is 28.3. The highest BCUT2D eigenvalue weighted by molar-refractivity contribution is 6.04. The van der Waals surface area contributed by atoms with Gasteiger partial charge in [-0.05, 0) is 64.8 Å². The summed E-state index contributed by atoms with van der Waals surface area (Å²) in [6, 6.07) is 17.2. The second kappa shape index (κ2) is 35.8. The highest BCUT2D eigenvalue weighted by atomic mass is 16.7. The number of aromatic nitrogens is 14. The van der Waals surface area contributed by atoms with Crippen molar-refractivity contribution in [2.75, 3.05) is 37.9 Å². The third-order valence-corrected chi connectivity index (χ3v) is 20.5. The third kappa shape index (κ3) is 18.7. The van der Waals surface area contributed by atoms with Crippen LogP contribution in [0.25, 0.3) is 0 Å². The van der Waals surface area contributed by atoms with Gasteiger partial charge in [-0.2, -0.15) is 9.97 Å². The fourth-order valence-corrected chi connectivity index (χ4v) is 14.1. The van der Waals surface area contributed by atoms with Gasteiger partial charge in [-0.1, -0.05) is 60.7 Å². The van der Waals surface area contributed by atoms with Gasteiger partial charge in [0.25, 0.3) is 22.9 Å². The molecule has 6 fully saturated rings. The van der Waals surface area contributed by atoms with E-state index in [1.54, 1.807) is 113 Å². The van der Waals surface area contributed by atoms with Crippen molar-refractivity contribution in [2.45, 2.75) is 204 Å². The number of carbonyl (C=O) groups excluding carboxylic acids is 5. The largest absolute Gasteiger partial charge is 0.481 e. The summed E-state index contributed by atoms with van der Waals surface area (Å²) in [6.45, 7) is 11.4. The molecule has 115 heavy (non-hydrogen) atoms. The van der Waals surface area contributed by atoms with Crippen LogP contribution in [0.15, 0.2) is 127 Å². The topological polar surface area (TPSA) is 515 Å². The minimum absolute atomic E-state index is 0.0110. The Hall–Kier alpha value is -11.7. The van der Waals surface area contributed by atoms with Crippen LogP contribution in [0.3, 0.4) is 0 Å². The number of rotatable bonds is 27. The fraction of sp³-hybridized carbons (Fsp3) is 0.486. The number of hydrogen-bond donors (Lipinski definition) is 8. The third-order valence-electron chi connectivity index (χ3n) is 20.5. The van der Waals surface area contributed by atoms with Gasteiger partial charge in [0.2, 0.25) is 11.8 Å². The summed E-state index contributed by atoms with van der Waals surface area (Å²) in [5.74, 6) is -2.59. The lowest BCUT2D eigenvalue weighted by Gasteiger charge is -2.30. The maximum Gasteiger partial charge on any atom is 0.351 e. The number of carbonyl (C=O) groups is 6. The highest BCUT2D eigenvalue weighted by Gasteiger charge is 2.64. The van der Waals surface area contributed by atoms with Crippen LogP contribution in [0.1, 0.15) is 144 Å².